The summed E-state index contributed by atoms with van der Waals surface area (Å²) < 4.78 is 0. The molecule has 1 aromatic carbocycles. The highest BCUT2D eigenvalue weighted by molar-refractivity contribution is 5.94. The molecule has 0 aromatic heterocycles. The van der Waals surface area contributed by atoms with Crippen LogP contribution in [0, 0.1) is 0 Å². The largest absolute Gasteiger partial charge is 0.338 e. The molecule has 2 aliphatic rings. The maximum Gasteiger partial charge on any atom is 0.254 e. The second-order valence-electron chi connectivity index (χ2n) is 6.76. The standard InChI is InChI=1S/C19H27N3O2/c1-2-11-22(17-9-10-20-13-17)19(24)16-7-5-15(6-8-16)14-21-12-3-4-18(21)23/h5-8,17,20H,2-4,9-14H2,1H3. The van der Waals surface area contributed by atoms with E-state index in [4.69, 9.17) is 0 Å². The van der Waals surface area contributed by atoms with E-state index in [2.05, 4.69) is 12.2 Å². The summed E-state index contributed by atoms with van der Waals surface area (Å²) >= 11 is 0. The van der Waals surface area contributed by atoms with Crippen molar-refractivity contribution in [2.45, 2.75) is 45.2 Å². The van der Waals surface area contributed by atoms with Gasteiger partial charge in [-0.25, -0.2) is 0 Å². The minimum absolute atomic E-state index is 0.120. The molecule has 1 atom stereocenters. The SMILES string of the molecule is CCCN(C(=O)c1ccc(CN2CCCC2=O)cc1)C1CCNC1. The Morgan fingerprint density at radius 3 is 2.71 bits per heavy atom. The minimum Gasteiger partial charge on any atom is -0.338 e. The predicted molar refractivity (Wildman–Crippen MR) is 93.7 cm³/mol. The number of hydrogen-bond donors (Lipinski definition) is 1. The van der Waals surface area contributed by atoms with E-state index in [0.29, 0.717) is 19.0 Å². The molecule has 2 amide bonds. The summed E-state index contributed by atoms with van der Waals surface area (Å²) in [6.45, 7) is 6.28. The molecular weight excluding hydrogens is 302 g/mol. The third kappa shape index (κ3) is 3.78. The van der Waals surface area contributed by atoms with Crippen LogP contribution < -0.4 is 5.32 Å². The molecule has 5 heteroatoms. The van der Waals surface area contributed by atoms with Gasteiger partial charge in [0.2, 0.25) is 5.91 Å². The topological polar surface area (TPSA) is 52.7 Å². The maximum absolute atomic E-state index is 12.9. The highest BCUT2D eigenvalue weighted by atomic mass is 16.2. The molecule has 24 heavy (non-hydrogen) atoms. The summed E-state index contributed by atoms with van der Waals surface area (Å²) in [5.41, 5.74) is 1.83. The van der Waals surface area contributed by atoms with Crippen molar-refractivity contribution in [3.05, 3.63) is 35.4 Å². The van der Waals surface area contributed by atoms with Crippen molar-refractivity contribution in [3.63, 3.8) is 0 Å². The van der Waals surface area contributed by atoms with Gasteiger partial charge in [0.15, 0.2) is 0 Å². The molecule has 0 bridgehead atoms. The second-order valence-corrected chi connectivity index (χ2v) is 6.76. The van der Waals surface area contributed by atoms with Crippen LogP contribution in [0.3, 0.4) is 0 Å². The first kappa shape index (κ1) is 17.0. The number of nitrogens with one attached hydrogen (secondary N) is 1. The van der Waals surface area contributed by atoms with Crippen molar-refractivity contribution in [1.82, 2.24) is 15.1 Å². The van der Waals surface area contributed by atoms with Gasteiger partial charge in [-0.1, -0.05) is 19.1 Å². The summed E-state index contributed by atoms with van der Waals surface area (Å²) in [5.74, 6) is 0.354. The van der Waals surface area contributed by atoms with Gasteiger partial charge in [-0.05, 0) is 43.5 Å². The maximum atomic E-state index is 12.9. The normalized spacial score (nSPS) is 20.6. The van der Waals surface area contributed by atoms with Crippen LogP contribution in [-0.2, 0) is 11.3 Å². The number of rotatable bonds is 6. The van der Waals surface area contributed by atoms with E-state index in [1.807, 2.05) is 34.1 Å². The Balaban J connectivity index is 1.66. The molecule has 130 valence electrons. The summed E-state index contributed by atoms with van der Waals surface area (Å²) in [6.07, 6.45) is 3.62. The van der Waals surface area contributed by atoms with Crippen LogP contribution in [0.5, 0.6) is 0 Å². The monoisotopic (exact) mass is 329 g/mol. The van der Waals surface area contributed by atoms with Crippen LogP contribution in [0.25, 0.3) is 0 Å². The molecule has 0 saturated carbocycles. The zero-order valence-corrected chi connectivity index (χ0v) is 14.5. The predicted octanol–water partition coefficient (Wildman–Crippen LogP) is 2.02. The molecule has 2 heterocycles. The lowest BCUT2D eigenvalue weighted by atomic mass is 10.1. The van der Waals surface area contributed by atoms with Gasteiger partial charge >= 0.3 is 0 Å². The van der Waals surface area contributed by atoms with Gasteiger partial charge in [-0.2, -0.15) is 0 Å². The zero-order valence-electron chi connectivity index (χ0n) is 14.5. The molecule has 0 spiro atoms. The average molecular weight is 329 g/mol. The molecule has 5 nitrogen and oxygen atoms in total. The van der Waals surface area contributed by atoms with Crippen LogP contribution in [0.15, 0.2) is 24.3 Å². The van der Waals surface area contributed by atoms with Crippen molar-refractivity contribution in [1.29, 1.82) is 0 Å². The number of benzene rings is 1. The van der Waals surface area contributed by atoms with E-state index in [1.54, 1.807) is 0 Å². The minimum atomic E-state index is 0.120. The fraction of sp³-hybridized carbons (Fsp3) is 0.579. The number of carbonyl (C=O) groups is 2. The Labute approximate surface area is 144 Å². The Morgan fingerprint density at radius 2 is 2.12 bits per heavy atom. The molecule has 3 rings (SSSR count). The summed E-state index contributed by atoms with van der Waals surface area (Å²) in [7, 11) is 0. The van der Waals surface area contributed by atoms with Crippen LogP contribution in [0.1, 0.15) is 48.5 Å². The van der Waals surface area contributed by atoms with E-state index in [1.165, 1.54) is 0 Å². The van der Waals surface area contributed by atoms with Crippen molar-refractivity contribution in [3.8, 4) is 0 Å². The number of amides is 2. The van der Waals surface area contributed by atoms with Gasteiger partial charge in [-0.3, -0.25) is 9.59 Å². The number of likely N-dealkylation sites (tertiary alicyclic amines) is 1. The third-order valence-electron chi connectivity index (χ3n) is 4.95. The van der Waals surface area contributed by atoms with Gasteiger partial charge in [0.05, 0.1) is 0 Å². The first-order valence-corrected chi connectivity index (χ1v) is 9.07. The lowest BCUT2D eigenvalue weighted by Crippen LogP contribution is -2.42. The van der Waals surface area contributed by atoms with E-state index >= 15 is 0 Å². The molecule has 1 N–H and O–H groups in total. The third-order valence-corrected chi connectivity index (χ3v) is 4.95. The second kappa shape index (κ2) is 7.79. The lowest BCUT2D eigenvalue weighted by molar-refractivity contribution is -0.128. The molecule has 0 radical (unpaired) electrons. The Kier molecular flexibility index (Phi) is 5.51. The van der Waals surface area contributed by atoms with Crippen LogP contribution in [0.2, 0.25) is 0 Å². The van der Waals surface area contributed by atoms with E-state index in [-0.39, 0.29) is 11.8 Å². The van der Waals surface area contributed by atoms with E-state index in [9.17, 15) is 9.59 Å². The van der Waals surface area contributed by atoms with Gasteiger partial charge in [0, 0.05) is 44.2 Å². The fourth-order valence-electron chi connectivity index (χ4n) is 3.61. The summed E-state index contributed by atoms with van der Waals surface area (Å²) in [6, 6.07) is 8.08. The van der Waals surface area contributed by atoms with Crippen molar-refractivity contribution >= 4 is 11.8 Å². The van der Waals surface area contributed by atoms with Gasteiger partial charge in [-0.15, -0.1) is 0 Å². The molecule has 2 aliphatic heterocycles. The zero-order chi connectivity index (χ0) is 16.9. The van der Waals surface area contributed by atoms with Crippen molar-refractivity contribution < 1.29 is 9.59 Å². The highest BCUT2D eigenvalue weighted by Crippen LogP contribution is 2.17. The Bertz CT molecular complexity index is 579. The van der Waals surface area contributed by atoms with E-state index < -0.39 is 0 Å². The van der Waals surface area contributed by atoms with Gasteiger partial charge in [0.1, 0.15) is 0 Å². The van der Waals surface area contributed by atoms with E-state index in [0.717, 1.165) is 56.6 Å². The summed E-state index contributed by atoms with van der Waals surface area (Å²) in [4.78, 5) is 28.5. The molecule has 1 aromatic rings. The van der Waals surface area contributed by atoms with Crippen molar-refractivity contribution in [2.75, 3.05) is 26.2 Å². The Morgan fingerprint density at radius 1 is 1.33 bits per heavy atom. The molecule has 2 fully saturated rings. The first-order chi connectivity index (χ1) is 11.7. The lowest BCUT2D eigenvalue weighted by Gasteiger charge is -2.28. The van der Waals surface area contributed by atoms with Crippen LogP contribution in [-0.4, -0.2) is 53.8 Å². The molecule has 1 unspecified atom stereocenters. The highest BCUT2D eigenvalue weighted by Gasteiger charge is 2.26. The average Bonchev–Trinajstić information content (AvgIpc) is 3.25. The molecule has 2 saturated heterocycles. The fourth-order valence-corrected chi connectivity index (χ4v) is 3.61. The molecular formula is C19H27N3O2. The smallest absolute Gasteiger partial charge is 0.254 e. The first-order valence-electron chi connectivity index (χ1n) is 9.07. The van der Waals surface area contributed by atoms with Crippen LogP contribution in [0.4, 0.5) is 0 Å². The summed E-state index contributed by atoms with van der Waals surface area (Å²) in [5, 5.41) is 3.34. The Hall–Kier alpha value is -1.88. The van der Waals surface area contributed by atoms with Gasteiger partial charge < -0.3 is 15.1 Å². The molecule has 0 aliphatic carbocycles. The van der Waals surface area contributed by atoms with Gasteiger partial charge in [0.25, 0.3) is 5.91 Å². The van der Waals surface area contributed by atoms with Crippen molar-refractivity contribution in [2.24, 2.45) is 0 Å². The number of nitrogens with zero attached hydrogens (tertiary/aromatic N) is 2. The number of hydrogen-bond acceptors (Lipinski definition) is 3. The number of carbonyl (C=O) groups excluding carboxylic acids is 2. The quantitative estimate of drug-likeness (QED) is 0.869. The van der Waals surface area contributed by atoms with Crippen LogP contribution >= 0.6 is 0 Å².